The van der Waals surface area contributed by atoms with Gasteiger partial charge in [0.1, 0.15) is 0 Å². The Kier molecular flexibility index (Phi) is 3.25. The lowest BCUT2D eigenvalue weighted by molar-refractivity contribution is -0.205. The van der Waals surface area contributed by atoms with Crippen molar-refractivity contribution in [3.63, 3.8) is 0 Å². The predicted octanol–water partition coefficient (Wildman–Crippen LogP) is 2.11. The van der Waals surface area contributed by atoms with Gasteiger partial charge in [-0.05, 0) is 6.92 Å². The fourth-order valence-corrected chi connectivity index (χ4v) is 1.99. The van der Waals surface area contributed by atoms with Gasteiger partial charge in [0.25, 0.3) is 0 Å². The molecule has 0 saturated carbocycles. The zero-order chi connectivity index (χ0) is 11.8. The molecular weight excluding hydrogens is 229 g/mol. The molecule has 1 aromatic rings. The lowest BCUT2D eigenvalue weighted by Crippen LogP contribution is -2.19. The van der Waals surface area contributed by atoms with Crippen LogP contribution in [0.4, 0.5) is 18.3 Å². The van der Waals surface area contributed by atoms with E-state index in [-0.39, 0.29) is 10.6 Å². The lowest BCUT2D eigenvalue weighted by atomic mass is 10.2. The number of nitrogens with zero attached hydrogens (tertiary/aromatic N) is 2. The van der Waals surface area contributed by atoms with Crippen molar-refractivity contribution in [1.29, 1.82) is 0 Å². The van der Waals surface area contributed by atoms with E-state index in [0.717, 1.165) is 11.3 Å². The van der Waals surface area contributed by atoms with Gasteiger partial charge in [-0.1, -0.05) is 11.3 Å². The molecule has 0 fully saturated rings. The van der Waals surface area contributed by atoms with Crippen LogP contribution in [0.1, 0.15) is 16.7 Å². The number of alkyl halides is 3. The quantitative estimate of drug-likeness (QED) is 0.860. The van der Waals surface area contributed by atoms with Crippen molar-refractivity contribution >= 4 is 16.5 Å². The van der Waals surface area contributed by atoms with E-state index in [4.69, 9.17) is 5.11 Å². The van der Waals surface area contributed by atoms with Crippen LogP contribution < -0.4 is 4.90 Å². The minimum atomic E-state index is -4.64. The number of halogens is 3. The average molecular weight is 240 g/mol. The van der Waals surface area contributed by atoms with Crippen LogP contribution in [-0.2, 0) is 0 Å². The average Bonchev–Trinajstić information content (AvgIpc) is 2.44. The Morgan fingerprint density at radius 2 is 1.93 bits per heavy atom. The van der Waals surface area contributed by atoms with Crippen molar-refractivity contribution in [1.82, 2.24) is 4.98 Å². The molecule has 1 aromatic heterocycles. The zero-order valence-electron chi connectivity index (χ0n) is 8.46. The molecule has 0 aliphatic heterocycles. The zero-order valence-corrected chi connectivity index (χ0v) is 9.28. The standard InChI is InChI=1S/C8H11F3N2OS/c1-4-5(6(14)8(9,10)11)15-7(12-4)13(2)3/h6,14H,1-3H3/t6-/m0/s1. The van der Waals surface area contributed by atoms with E-state index in [0.29, 0.717) is 5.13 Å². The molecule has 0 saturated heterocycles. The van der Waals surface area contributed by atoms with E-state index in [1.54, 1.807) is 19.0 Å². The summed E-state index contributed by atoms with van der Waals surface area (Å²) in [6.45, 7) is 1.45. The fourth-order valence-electron chi connectivity index (χ4n) is 0.987. The Hall–Kier alpha value is -0.820. The van der Waals surface area contributed by atoms with Crippen LogP contribution in [0, 0.1) is 6.92 Å². The Morgan fingerprint density at radius 3 is 2.27 bits per heavy atom. The van der Waals surface area contributed by atoms with Gasteiger partial charge in [0, 0.05) is 14.1 Å². The van der Waals surface area contributed by atoms with E-state index in [2.05, 4.69) is 4.98 Å². The second-order valence-corrected chi connectivity index (χ2v) is 4.29. The molecule has 0 aliphatic carbocycles. The van der Waals surface area contributed by atoms with E-state index < -0.39 is 12.3 Å². The monoisotopic (exact) mass is 240 g/mol. The largest absolute Gasteiger partial charge is 0.419 e. The maximum atomic E-state index is 12.2. The SMILES string of the molecule is Cc1nc(N(C)C)sc1[C@H](O)C(F)(F)F. The first-order chi connectivity index (χ1) is 6.73. The van der Waals surface area contributed by atoms with Crippen LogP contribution in [0.15, 0.2) is 0 Å². The highest BCUT2D eigenvalue weighted by molar-refractivity contribution is 7.15. The summed E-state index contributed by atoms with van der Waals surface area (Å²) < 4.78 is 36.7. The minimum Gasteiger partial charge on any atom is -0.379 e. The predicted molar refractivity (Wildman–Crippen MR) is 52.2 cm³/mol. The Morgan fingerprint density at radius 1 is 1.40 bits per heavy atom. The van der Waals surface area contributed by atoms with Crippen molar-refractivity contribution in [2.75, 3.05) is 19.0 Å². The first kappa shape index (κ1) is 12.3. The first-order valence-electron chi connectivity index (χ1n) is 4.13. The van der Waals surface area contributed by atoms with E-state index in [1.807, 2.05) is 0 Å². The summed E-state index contributed by atoms with van der Waals surface area (Å²) in [6, 6.07) is 0. The molecular formula is C8H11F3N2OS. The van der Waals surface area contributed by atoms with Crippen molar-refractivity contribution in [3.05, 3.63) is 10.6 Å². The number of aliphatic hydroxyl groups is 1. The normalized spacial score (nSPS) is 14.1. The smallest absolute Gasteiger partial charge is 0.379 e. The maximum absolute atomic E-state index is 12.2. The molecule has 0 unspecified atom stereocenters. The summed E-state index contributed by atoms with van der Waals surface area (Å²) in [5, 5.41) is 9.51. The molecule has 1 heterocycles. The number of aryl methyl sites for hydroxylation is 1. The molecule has 7 heteroatoms. The van der Waals surface area contributed by atoms with Crippen LogP contribution in [0.2, 0.25) is 0 Å². The summed E-state index contributed by atoms with van der Waals surface area (Å²) in [6.07, 6.45) is -7.08. The van der Waals surface area contributed by atoms with Crippen LogP contribution in [0.5, 0.6) is 0 Å². The summed E-state index contributed by atoms with van der Waals surface area (Å²) >= 11 is 0.847. The van der Waals surface area contributed by atoms with Crippen LogP contribution in [-0.4, -0.2) is 30.4 Å². The Bertz CT molecular complexity index is 348. The number of aliphatic hydroxyl groups excluding tert-OH is 1. The first-order valence-corrected chi connectivity index (χ1v) is 4.94. The number of rotatable bonds is 2. The van der Waals surface area contributed by atoms with Crippen molar-refractivity contribution in [3.8, 4) is 0 Å². The summed E-state index contributed by atoms with van der Waals surface area (Å²) in [7, 11) is 3.37. The third kappa shape index (κ3) is 2.60. The highest BCUT2D eigenvalue weighted by Crippen LogP contribution is 2.38. The van der Waals surface area contributed by atoms with E-state index in [1.165, 1.54) is 6.92 Å². The number of hydrogen-bond acceptors (Lipinski definition) is 4. The Balaban J connectivity index is 3.05. The van der Waals surface area contributed by atoms with Crippen molar-refractivity contribution in [2.45, 2.75) is 19.2 Å². The molecule has 86 valence electrons. The molecule has 0 bridgehead atoms. The summed E-state index contributed by atoms with van der Waals surface area (Å²) in [5.41, 5.74) is 0.216. The van der Waals surface area contributed by atoms with Crippen LogP contribution >= 0.6 is 11.3 Å². The van der Waals surface area contributed by atoms with E-state index in [9.17, 15) is 13.2 Å². The van der Waals surface area contributed by atoms with Crippen molar-refractivity contribution < 1.29 is 18.3 Å². The molecule has 1 rings (SSSR count). The molecule has 0 aromatic carbocycles. The van der Waals surface area contributed by atoms with Crippen LogP contribution in [0.3, 0.4) is 0 Å². The van der Waals surface area contributed by atoms with Gasteiger partial charge in [-0.25, -0.2) is 4.98 Å². The maximum Gasteiger partial charge on any atom is 0.419 e. The molecule has 0 amide bonds. The fraction of sp³-hybridized carbons (Fsp3) is 0.625. The number of thiazole rings is 1. The second-order valence-electron chi connectivity index (χ2n) is 3.28. The van der Waals surface area contributed by atoms with Gasteiger partial charge in [-0.3, -0.25) is 0 Å². The van der Waals surface area contributed by atoms with Gasteiger partial charge in [-0.2, -0.15) is 13.2 Å². The number of anilines is 1. The molecule has 1 N–H and O–H groups in total. The molecule has 3 nitrogen and oxygen atoms in total. The van der Waals surface area contributed by atoms with E-state index >= 15 is 0 Å². The number of aromatic nitrogens is 1. The van der Waals surface area contributed by atoms with Gasteiger partial charge >= 0.3 is 6.18 Å². The molecule has 0 aliphatic rings. The highest BCUT2D eigenvalue weighted by atomic mass is 32.1. The van der Waals surface area contributed by atoms with Gasteiger partial charge < -0.3 is 10.0 Å². The molecule has 1 atom stereocenters. The van der Waals surface area contributed by atoms with Gasteiger partial charge in [0.2, 0.25) is 0 Å². The summed E-state index contributed by atoms with van der Waals surface area (Å²) in [5.74, 6) is 0. The second kappa shape index (κ2) is 3.97. The van der Waals surface area contributed by atoms with Gasteiger partial charge in [0.05, 0.1) is 10.6 Å². The number of hydrogen-bond donors (Lipinski definition) is 1. The Labute approximate surface area is 89.2 Å². The molecule has 0 radical (unpaired) electrons. The minimum absolute atomic E-state index is 0.147. The van der Waals surface area contributed by atoms with Crippen molar-refractivity contribution in [2.24, 2.45) is 0 Å². The third-order valence-corrected chi connectivity index (χ3v) is 3.14. The topological polar surface area (TPSA) is 36.4 Å². The van der Waals surface area contributed by atoms with Gasteiger partial charge in [0.15, 0.2) is 11.2 Å². The third-order valence-electron chi connectivity index (χ3n) is 1.76. The van der Waals surface area contributed by atoms with Crippen LogP contribution in [0.25, 0.3) is 0 Å². The molecule has 15 heavy (non-hydrogen) atoms. The lowest BCUT2D eigenvalue weighted by Gasteiger charge is -2.12. The highest BCUT2D eigenvalue weighted by Gasteiger charge is 2.41. The molecule has 0 spiro atoms. The summed E-state index contributed by atoms with van der Waals surface area (Å²) in [4.78, 5) is 5.38. The van der Waals surface area contributed by atoms with Gasteiger partial charge in [-0.15, -0.1) is 0 Å².